The summed E-state index contributed by atoms with van der Waals surface area (Å²) in [4.78, 5) is 28.2. The Morgan fingerprint density at radius 1 is 0.912 bits per heavy atom. The van der Waals surface area contributed by atoms with Crippen molar-refractivity contribution in [3.05, 3.63) is 58.8 Å². The molecule has 0 saturated heterocycles. The molecule has 2 aromatic carbocycles. The number of unbranched alkanes of at least 4 members (excludes halogenated alkanes) is 1. The van der Waals surface area contributed by atoms with Gasteiger partial charge in [0.1, 0.15) is 17.2 Å². The molecule has 34 heavy (non-hydrogen) atoms. The first-order chi connectivity index (χ1) is 16.4. The van der Waals surface area contributed by atoms with Crippen LogP contribution >= 0.6 is 0 Å². The summed E-state index contributed by atoms with van der Waals surface area (Å²) >= 11 is 0. The van der Waals surface area contributed by atoms with E-state index in [1.165, 1.54) is 4.90 Å². The summed E-state index contributed by atoms with van der Waals surface area (Å²) in [5.41, 5.74) is 3.94. The van der Waals surface area contributed by atoms with Crippen molar-refractivity contribution in [3.8, 4) is 11.5 Å². The molecule has 0 saturated carbocycles. The number of rotatable bonds is 12. The number of aryl methyl sites for hydroxylation is 2. The average Bonchev–Trinajstić information content (AvgIpc) is 3.05. The van der Waals surface area contributed by atoms with Crippen LogP contribution in [0.2, 0.25) is 0 Å². The summed E-state index contributed by atoms with van der Waals surface area (Å²) in [6.07, 6.45) is 2.65. The number of imide groups is 1. The predicted molar refractivity (Wildman–Crippen MR) is 133 cm³/mol. The molecule has 0 aliphatic carbocycles. The topological polar surface area (TPSA) is 77.1 Å². The molecule has 1 N–H and O–H groups in total. The zero-order chi connectivity index (χ0) is 24.7. The molecule has 0 bridgehead atoms. The van der Waals surface area contributed by atoms with Crippen LogP contribution < -0.4 is 14.8 Å². The van der Waals surface area contributed by atoms with Crippen LogP contribution in [0.25, 0.3) is 5.57 Å². The second-order valence-corrected chi connectivity index (χ2v) is 8.34. The Balaban J connectivity index is 1.93. The van der Waals surface area contributed by atoms with E-state index in [0.29, 0.717) is 48.9 Å². The van der Waals surface area contributed by atoms with Crippen LogP contribution in [-0.2, 0) is 14.3 Å². The quantitative estimate of drug-likeness (QED) is 0.360. The summed E-state index contributed by atoms with van der Waals surface area (Å²) < 4.78 is 16.4. The molecule has 0 fully saturated rings. The summed E-state index contributed by atoms with van der Waals surface area (Å²) in [5.74, 6) is 0.478. The lowest BCUT2D eigenvalue weighted by Gasteiger charge is -2.16. The Morgan fingerprint density at radius 2 is 1.68 bits per heavy atom. The van der Waals surface area contributed by atoms with Crippen molar-refractivity contribution >= 4 is 23.1 Å². The highest BCUT2D eigenvalue weighted by Gasteiger charge is 2.39. The third-order valence-corrected chi connectivity index (χ3v) is 5.80. The van der Waals surface area contributed by atoms with Gasteiger partial charge >= 0.3 is 0 Å². The molecule has 1 aliphatic rings. The molecule has 3 rings (SSSR count). The standard InChI is InChI=1S/C27H34N2O5/c1-6-7-14-34-15-8-13-29-26(30)24(21-11-9-18(2)16-19(21)3)25(27(29)31)28-22-12-10-20(32-4)17-23(22)33-5/h9-12,16-17,28H,6-8,13-15H2,1-5H3. The van der Waals surface area contributed by atoms with Crippen LogP contribution in [0, 0.1) is 13.8 Å². The Labute approximate surface area is 201 Å². The fraction of sp³-hybridized carbons (Fsp3) is 0.407. The van der Waals surface area contributed by atoms with Crippen LogP contribution in [0.3, 0.4) is 0 Å². The zero-order valence-electron chi connectivity index (χ0n) is 20.7. The molecular weight excluding hydrogens is 432 g/mol. The minimum absolute atomic E-state index is 0.243. The second-order valence-electron chi connectivity index (χ2n) is 8.34. The number of anilines is 1. The van der Waals surface area contributed by atoms with Crippen molar-refractivity contribution in [1.29, 1.82) is 0 Å². The van der Waals surface area contributed by atoms with E-state index in [4.69, 9.17) is 14.2 Å². The highest BCUT2D eigenvalue weighted by molar-refractivity contribution is 6.36. The van der Waals surface area contributed by atoms with E-state index in [9.17, 15) is 9.59 Å². The number of carbonyl (C=O) groups excluding carboxylic acids is 2. The summed E-state index contributed by atoms with van der Waals surface area (Å²) in [6.45, 7) is 7.54. The van der Waals surface area contributed by atoms with E-state index < -0.39 is 0 Å². The Bertz CT molecular complexity index is 1080. The van der Waals surface area contributed by atoms with Gasteiger partial charge in [0.15, 0.2) is 0 Å². The van der Waals surface area contributed by atoms with Crippen LogP contribution in [0.15, 0.2) is 42.1 Å². The minimum atomic E-state index is -0.355. The van der Waals surface area contributed by atoms with Gasteiger partial charge in [-0.3, -0.25) is 14.5 Å². The van der Waals surface area contributed by atoms with E-state index in [1.54, 1.807) is 32.4 Å². The highest BCUT2D eigenvalue weighted by Crippen LogP contribution is 2.36. The van der Waals surface area contributed by atoms with Crippen molar-refractivity contribution in [1.82, 2.24) is 4.90 Å². The number of amides is 2. The van der Waals surface area contributed by atoms with Crippen molar-refractivity contribution in [3.63, 3.8) is 0 Å². The monoisotopic (exact) mass is 466 g/mol. The molecule has 1 aliphatic heterocycles. The molecule has 182 valence electrons. The maximum atomic E-state index is 13.5. The van der Waals surface area contributed by atoms with Gasteiger partial charge in [0.05, 0.1) is 25.5 Å². The fourth-order valence-corrected chi connectivity index (χ4v) is 3.95. The third kappa shape index (κ3) is 5.59. The normalized spacial score (nSPS) is 13.6. The first-order valence-corrected chi connectivity index (χ1v) is 11.7. The molecule has 0 spiro atoms. The third-order valence-electron chi connectivity index (χ3n) is 5.80. The summed E-state index contributed by atoms with van der Waals surface area (Å²) in [7, 11) is 3.12. The van der Waals surface area contributed by atoms with Crippen LogP contribution in [0.4, 0.5) is 5.69 Å². The molecule has 0 unspecified atom stereocenters. The molecule has 0 aromatic heterocycles. The van der Waals surface area contributed by atoms with Gasteiger partial charge in [-0.25, -0.2) is 0 Å². The van der Waals surface area contributed by atoms with E-state index in [1.807, 2.05) is 32.0 Å². The predicted octanol–water partition coefficient (Wildman–Crippen LogP) is 4.72. The van der Waals surface area contributed by atoms with Crippen molar-refractivity contribution in [2.75, 3.05) is 39.3 Å². The van der Waals surface area contributed by atoms with Gasteiger partial charge in [0.2, 0.25) is 0 Å². The molecule has 1 heterocycles. The van der Waals surface area contributed by atoms with Gasteiger partial charge in [-0.2, -0.15) is 0 Å². The number of nitrogens with one attached hydrogen (secondary N) is 1. The summed E-state index contributed by atoms with van der Waals surface area (Å²) in [5, 5.41) is 3.19. The van der Waals surface area contributed by atoms with Gasteiger partial charge in [-0.15, -0.1) is 0 Å². The van der Waals surface area contributed by atoms with Gasteiger partial charge in [-0.05, 0) is 49.9 Å². The molecule has 0 atom stereocenters. The van der Waals surface area contributed by atoms with Crippen molar-refractivity contribution in [2.24, 2.45) is 0 Å². The molecule has 0 radical (unpaired) electrons. The lowest BCUT2D eigenvalue weighted by Crippen LogP contribution is -2.34. The molecule has 7 nitrogen and oxygen atoms in total. The first-order valence-electron chi connectivity index (χ1n) is 11.7. The highest BCUT2D eigenvalue weighted by atomic mass is 16.5. The van der Waals surface area contributed by atoms with Gasteiger partial charge in [0.25, 0.3) is 11.8 Å². The molecule has 7 heteroatoms. The zero-order valence-corrected chi connectivity index (χ0v) is 20.7. The number of hydrogen-bond donors (Lipinski definition) is 1. The van der Waals surface area contributed by atoms with Crippen LogP contribution in [0.5, 0.6) is 11.5 Å². The average molecular weight is 467 g/mol. The van der Waals surface area contributed by atoms with E-state index in [0.717, 1.165) is 29.5 Å². The van der Waals surface area contributed by atoms with Crippen LogP contribution in [-0.4, -0.2) is 50.7 Å². The maximum Gasteiger partial charge on any atom is 0.278 e. The molecular formula is C27H34N2O5. The smallest absolute Gasteiger partial charge is 0.278 e. The van der Waals surface area contributed by atoms with Gasteiger partial charge in [-0.1, -0.05) is 37.1 Å². The van der Waals surface area contributed by atoms with E-state index in [2.05, 4.69) is 12.2 Å². The number of nitrogens with zero attached hydrogens (tertiary/aromatic N) is 1. The Morgan fingerprint density at radius 3 is 2.35 bits per heavy atom. The first kappa shape index (κ1) is 25.3. The fourth-order valence-electron chi connectivity index (χ4n) is 3.95. The number of methoxy groups -OCH3 is 2. The molecule has 2 amide bonds. The maximum absolute atomic E-state index is 13.5. The second kappa shape index (κ2) is 11.7. The SMILES string of the molecule is CCCCOCCCN1C(=O)C(Nc2ccc(OC)cc2OC)=C(c2ccc(C)cc2C)C1=O. The van der Waals surface area contributed by atoms with E-state index in [-0.39, 0.29) is 17.5 Å². The lowest BCUT2D eigenvalue weighted by atomic mass is 9.97. The Kier molecular flexibility index (Phi) is 8.71. The number of benzene rings is 2. The van der Waals surface area contributed by atoms with Crippen LogP contribution in [0.1, 0.15) is 42.9 Å². The Hall–Kier alpha value is -3.32. The number of hydrogen-bond acceptors (Lipinski definition) is 6. The van der Waals surface area contributed by atoms with Gasteiger partial charge in [0, 0.05) is 25.8 Å². The van der Waals surface area contributed by atoms with Crippen molar-refractivity contribution < 1.29 is 23.8 Å². The molecule has 2 aromatic rings. The summed E-state index contributed by atoms with van der Waals surface area (Å²) in [6, 6.07) is 11.1. The lowest BCUT2D eigenvalue weighted by molar-refractivity contribution is -0.137. The minimum Gasteiger partial charge on any atom is -0.497 e. The number of ether oxygens (including phenoxy) is 3. The largest absolute Gasteiger partial charge is 0.497 e. The van der Waals surface area contributed by atoms with Crippen molar-refractivity contribution in [2.45, 2.75) is 40.0 Å². The van der Waals surface area contributed by atoms with Gasteiger partial charge < -0.3 is 19.5 Å². The van der Waals surface area contributed by atoms with E-state index >= 15 is 0 Å². The number of carbonyl (C=O) groups is 2.